The molecule has 0 saturated carbocycles. The Morgan fingerprint density at radius 3 is 2.86 bits per heavy atom. The van der Waals surface area contributed by atoms with Crippen molar-refractivity contribution in [2.24, 2.45) is 0 Å². The van der Waals surface area contributed by atoms with E-state index in [0.717, 1.165) is 51.4 Å². The summed E-state index contributed by atoms with van der Waals surface area (Å²) in [5, 5.41) is 15.8. The Kier molecular flexibility index (Phi) is 8.57. The van der Waals surface area contributed by atoms with E-state index in [-0.39, 0.29) is 6.61 Å². The highest BCUT2D eigenvalue weighted by atomic mass is 32.1. The second-order valence-electron chi connectivity index (χ2n) is 6.87. The highest BCUT2D eigenvalue weighted by Gasteiger charge is 2.16. The highest BCUT2D eigenvalue weighted by molar-refractivity contribution is 7.09. The van der Waals surface area contributed by atoms with E-state index in [4.69, 9.17) is 14.2 Å². The Labute approximate surface area is 171 Å². The lowest BCUT2D eigenvalue weighted by Gasteiger charge is -2.28. The number of nitrogens with zero attached hydrogens (tertiary/aromatic N) is 1. The zero-order chi connectivity index (χ0) is 19.6. The van der Waals surface area contributed by atoms with Gasteiger partial charge in [-0.15, -0.1) is 11.3 Å². The first-order valence-corrected chi connectivity index (χ1v) is 10.6. The number of thiophene rings is 1. The maximum atomic E-state index is 10.2. The number of hydrogen-bond acceptors (Lipinski definition) is 7. The average Bonchev–Trinajstić information content (AvgIpc) is 3.24. The van der Waals surface area contributed by atoms with Gasteiger partial charge in [0.25, 0.3) is 0 Å². The maximum Gasteiger partial charge on any atom is 0.161 e. The average molecular weight is 407 g/mol. The topological polar surface area (TPSA) is 63.2 Å². The molecule has 1 aliphatic heterocycles. The standard InChI is InChI=1S/C21H30N2O4S/c1-25-21-13-17(14-22-7-6-19-3-2-12-28-19)4-5-20(21)27-16-18(24)15-23-8-10-26-11-9-23/h2-5,12-13,18,22,24H,6-11,14-16H2,1H3/t18-/m0/s1. The third-order valence-corrected chi connectivity index (χ3v) is 5.63. The Balaban J connectivity index is 1.42. The SMILES string of the molecule is COc1cc(CNCCc2cccs2)ccc1OC[C@@H](O)CN1CCOCC1. The summed E-state index contributed by atoms with van der Waals surface area (Å²) in [7, 11) is 1.64. The van der Waals surface area contributed by atoms with Gasteiger partial charge >= 0.3 is 0 Å². The summed E-state index contributed by atoms with van der Waals surface area (Å²) in [6, 6.07) is 10.2. The van der Waals surface area contributed by atoms with E-state index in [1.807, 2.05) is 18.2 Å². The van der Waals surface area contributed by atoms with E-state index >= 15 is 0 Å². The Hall–Kier alpha value is -1.64. The lowest BCUT2D eigenvalue weighted by atomic mass is 10.2. The number of hydrogen-bond donors (Lipinski definition) is 2. The number of morpholine rings is 1. The minimum Gasteiger partial charge on any atom is -0.493 e. The monoisotopic (exact) mass is 406 g/mol. The van der Waals surface area contributed by atoms with E-state index in [9.17, 15) is 5.11 Å². The maximum absolute atomic E-state index is 10.2. The van der Waals surface area contributed by atoms with Gasteiger partial charge in [0, 0.05) is 37.6 Å². The van der Waals surface area contributed by atoms with Crippen molar-refractivity contribution >= 4 is 11.3 Å². The second kappa shape index (κ2) is 11.4. The van der Waals surface area contributed by atoms with Crippen molar-refractivity contribution in [3.8, 4) is 11.5 Å². The summed E-state index contributed by atoms with van der Waals surface area (Å²) in [6.07, 6.45) is 0.498. The van der Waals surface area contributed by atoms with E-state index in [0.29, 0.717) is 18.0 Å². The van der Waals surface area contributed by atoms with Gasteiger partial charge in [-0.1, -0.05) is 12.1 Å². The van der Waals surface area contributed by atoms with Gasteiger partial charge in [-0.3, -0.25) is 4.90 Å². The van der Waals surface area contributed by atoms with Crippen molar-refractivity contribution in [2.75, 3.05) is 53.1 Å². The fraction of sp³-hybridized carbons (Fsp3) is 0.524. The predicted octanol–water partition coefficient (Wildman–Crippen LogP) is 2.16. The van der Waals surface area contributed by atoms with Crippen molar-refractivity contribution in [3.63, 3.8) is 0 Å². The number of methoxy groups -OCH3 is 1. The lowest BCUT2D eigenvalue weighted by Crippen LogP contribution is -2.42. The van der Waals surface area contributed by atoms with Crippen molar-refractivity contribution in [3.05, 3.63) is 46.2 Å². The smallest absolute Gasteiger partial charge is 0.161 e. The molecule has 1 aliphatic rings. The molecule has 0 amide bonds. The number of ether oxygens (including phenoxy) is 3. The Morgan fingerprint density at radius 1 is 1.25 bits per heavy atom. The number of rotatable bonds is 11. The van der Waals surface area contributed by atoms with Crippen LogP contribution in [0.5, 0.6) is 11.5 Å². The van der Waals surface area contributed by atoms with Crippen LogP contribution in [0.15, 0.2) is 35.7 Å². The molecule has 7 heteroatoms. The molecule has 1 saturated heterocycles. The van der Waals surface area contributed by atoms with Gasteiger partial charge in [-0.25, -0.2) is 0 Å². The minimum atomic E-state index is -0.540. The zero-order valence-electron chi connectivity index (χ0n) is 16.4. The van der Waals surface area contributed by atoms with Crippen molar-refractivity contribution in [2.45, 2.75) is 19.1 Å². The first-order valence-electron chi connectivity index (χ1n) is 9.75. The molecule has 2 aromatic rings. The minimum absolute atomic E-state index is 0.242. The molecule has 154 valence electrons. The molecule has 0 bridgehead atoms. The quantitative estimate of drug-likeness (QED) is 0.558. The van der Waals surface area contributed by atoms with E-state index in [2.05, 4.69) is 27.7 Å². The van der Waals surface area contributed by atoms with Crippen molar-refractivity contribution < 1.29 is 19.3 Å². The van der Waals surface area contributed by atoms with E-state index < -0.39 is 6.10 Å². The van der Waals surface area contributed by atoms with Gasteiger partial charge in [-0.05, 0) is 35.6 Å². The van der Waals surface area contributed by atoms with Gasteiger partial charge in [-0.2, -0.15) is 0 Å². The van der Waals surface area contributed by atoms with Gasteiger partial charge in [0.05, 0.1) is 20.3 Å². The Bertz CT molecular complexity index is 690. The van der Waals surface area contributed by atoms with Crippen LogP contribution in [0, 0.1) is 0 Å². The lowest BCUT2D eigenvalue weighted by molar-refractivity contribution is 0.00445. The number of benzene rings is 1. The molecule has 1 aromatic carbocycles. The molecule has 1 atom stereocenters. The highest BCUT2D eigenvalue weighted by Crippen LogP contribution is 2.28. The van der Waals surface area contributed by atoms with Crippen LogP contribution in [-0.2, 0) is 17.7 Å². The third kappa shape index (κ3) is 6.76. The first kappa shape index (κ1) is 21.1. The molecule has 0 radical (unpaired) electrons. The number of aliphatic hydroxyl groups is 1. The molecular weight excluding hydrogens is 376 g/mol. The molecule has 0 unspecified atom stereocenters. The van der Waals surface area contributed by atoms with Gasteiger partial charge in [0.15, 0.2) is 11.5 Å². The predicted molar refractivity (Wildman–Crippen MR) is 111 cm³/mol. The van der Waals surface area contributed by atoms with Gasteiger partial charge in [0.2, 0.25) is 0 Å². The van der Waals surface area contributed by atoms with Crippen molar-refractivity contribution in [1.82, 2.24) is 10.2 Å². The molecule has 0 spiro atoms. The summed E-state index contributed by atoms with van der Waals surface area (Å²) in [5.74, 6) is 1.35. The van der Waals surface area contributed by atoms with Crippen LogP contribution in [0.2, 0.25) is 0 Å². The third-order valence-electron chi connectivity index (χ3n) is 4.69. The van der Waals surface area contributed by atoms with Crippen molar-refractivity contribution in [1.29, 1.82) is 0 Å². The summed E-state index contributed by atoms with van der Waals surface area (Å²) >= 11 is 1.79. The molecule has 2 heterocycles. The number of nitrogens with one attached hydrogen (secondary N) is 1. The van der Waals surface area contributed by atoms with Crippen LogP contribution in [0.4, 0.5) is 0 Å². The van der Waals surface area contributed by atoms with Crippen LogP contribution in [-0.4, -0.2) is 69.2 Å². The van der Waals surface area contributed by atoms with E-state index in [1.54, 1.807) is 18.4 Å². The first-order chi connectivity index (χ1) is 13.7. The fourth-order valence-corrected chi connectivity index (χ4v) is 3.87. The molecule has 6 nitrogen and oxygen atoms in total. The van der Waals surface area contributed by atoms with Crippen LogP contribution in [0.3, 0.4) is 0 Å². The van der Waals surface area contributed by atoms with Crippen LogP contribution in [0.25, 0.3) is 0 Å². The van der Waals surface area contributed by atoms with Crippen LogP contribution in [0.1, 0.15) is 10.4 Å². The molecule has 1 aromatic heterocycles. The second-order valence-corrected chi connectivity index (χ2v) is 7.90. The Morgan fingerprint density at radius 2 is 2.11 bits per heavy atom. The fourth-order valence-electron chi connectivity index (χ4n) is 3.16. The molecule has 0 aliphatic carbocycles. The number of β-amino-alcohol motifs (C(OH)–C–C–N with tert-alkyl or cyclic N) is 1. The number of aliphatic hydroxyl groups excluding tert-OH is 1. The summed E-state index contributed by atoms with van der Waals surface area (Å²) in [4.78, 5) is 3.59. The summed E-state index contributed by atoms with van der Waals surface area (Å²) in [6.45, 7) is 5.72. The molecule has 28 heavy (non-hydrogen) atoms. The van der Waals surface area contributed by atoms with E-state index in [1.165, 1.54) is 4.88 Å². The van der Waals surface area contributed by atoms with Gasteiger partial charge < -0.3 is 24.6 Å². The summed E-state index contributed by atoms with van der Waals surface area (Å²) in [5.41, 5.74) is 1.14. The van der Waals surface area contributed by atoms with Crippen LogP contribution >= 0.6 is 11.3 Å². The normalized spacial score (nSPS) is 16.1. The molecule has 2 N–H and O–H groups in total. The molecule has 1 fully saturated rings. The van der Waals surface area contributed by atoms with Crippen LogP contribution < -0.4 is 14.8 Å². The van der Waals surface area contributed by atoms with Gasteiger partial charge in [0.1, 0.15) is 12.7 Å². The largest absolute Gasteiger partial charge is 0.493 e. The zero-order valence-corrected chi connectivity index (χ0v) is 17.2. The molecular formula is C21H30N2O4S. The molecule has 3 rings (SSSR count). The summed E-state index contributed by atoms with van der Waals surface area (Å²) < 4.78 is 16.6.